The molecular weight excluding hydrogens is 278 g/mol. The zero-order chi connectivity index (χ0) is 15.4. The number of piperidine rings is 1. The van der Waals surface area contributed by atoms with E-state index in [9.17, 15) is 4.79 Å². The lowest BCUT2D eigenvalue weighted by Crippen LogP contribution is -2.41. The molecule has 3 rings (SSSR count). The minimum Gasteiger partial charge on any atom is -0.378 e. The van der Waals surface area contributed by atoms with Crippen LogP contribution in [0.1, 0.15) is 57.3 Å². The summed E-state index contributed by atoms with van der Waals surface area (Å²) in [5, 5.41) is 0. The molecular formula is C17H27N3O2. The SMILES string of the molecule is CCc1nccn1[C@@H]1CCCN(C(=O)CC[C@H]2CCCO2)C1. The summed E-state index contributed by atoms with van der Waals surface area (Å²) >= 11 is 0. The number of imidazole rings is 1. The van der Waals surface area contributed by atoms with E-state index in [1.54, 1.807) is 0 Å². The van der Waals surface area contributed by atoms with E-state index >= 15 is 0 Å². The van der Waals surface area contributed by atoms with E-state index in [0.29, 0.717) is 24.5 Å². The highest BCUT2D eigenvalue weighted by Gasteiger charge is 2.26. The largest absolute Gasteiger partial charge is 0.378 e. The van der Waals surface area contributed by atoms with Crippen molar-refractivity contribution in [2.75, 3.05) is 19.7 Å². The molecule has 0 aromatic carbocycles. The van der Waals surface area contributed by atoms with Crippen molar-refractivity contribution in [1.29, 1.82) is 0 Å². The van der Waals surface area contributed by atoms with Crippen LogP contribution in [0.3, 0.4) is 0 Å². The number of aromatic nitrogens is 2. The molecule has 0 radical (unpaired) electrons. The zero-order valence-electron chi connectivity index (χ0n) is 13.5. The molecule has 2 fully saturated rings. The molecule has 0 saturated carbocycles. The third-order valence-electron chi connectivity index (χ3n) is 4.91. The van der Waals surface area contributed by atoms with E-state index in [1.807, 2.05) is 11.1 Å². The first-order valence-electron chi connectivity index (χ1n) is 8.69. The summed E-state index contributed by atoms with van der Waals surface area (Å²) in [5.41, 5.74) is 0. The van der Waals surface area contributed by atoms with Crippen molar-refractivity contribution < 1.29 is 9.53 Å². The van der Waals surface area contributed by atoms with Gasteiger partial charge in [-0.05, 0) is 32.1 Å². The molecule has 1 aromatic rings. The van der Waals surface area contributed by atoms with Crippen LogP contribution >= 0.6 is 0 Å². The lowest BCUT2D eigenvalue weighted by atomic mass is 10.0. The number of carbonyl (C=O) groups is 1. The summed E-state index contributed by atoms with van der Waals surface area (Å²) in [6.45, 7) is 4.72. The predicted molar refractivity (Wildman–Crippen MR) is 84.7 cm³/mol. The maximum absolute atomic E-state index is 12.5. The van der Waals surface area contributed by atoms with Crippen LogP contribution < -0.4 is 0 Å². The molecule has 2 saturated heterocycles. The Labute approximate surface area is 132 Å². The van der Waals surface area contributed by atoms with Gasteiger partial charge in [0.1, 0.15) is 5.82 Å². The average molecular weight is 305 g/mol. The Morgan fingerprint density at radius 2 is 2.32 bits per heavy atom. The Kier molecular flexibility index (Phi) is 5.13. The summed E-state index contributed by atoms with van der Waals surface area (Å²) in [6, 6.07) is 0.387. The molecule has 0 aliphatic carbocycles. The standard InChI is InChI=1S/C17H27N3O2/c1-2-16-18-9-11-20(16)14-5-3-10-19(13-14)17(21)8-7-15-6-4-12-22-15/h9,11,14-15H,2-8,10,12-13H2,1H3/t14-,15-/m1/s1. The van der Waals surface area contributed by atoms with Crippen molar-refractivity contribution in [2.24, 2.45) is 0 Å². The maximum atomic E-state index is 12.5. The Bertz CT molecular complexity index is 494. The monoisotopic (exact) mass is 305 g/mol. The van der Waals surface area contributed by atoms with Gasteiger partial charge >= 0.3 is 0 Å². The molecule has 122 valence electrons. The second kappa shape index (κ2) is 7.27. The maximum Gasteiger partial charge on any atom is 0.222 e. The van der Waals surface area contributed by atoms with Gasteiger partial charge in [-0.15, -0.1) is 0 Å². The quantitative estimate of drug-likeness (QED) is 0.840. The van der Waals surface area contributed by atoms with E-state index in [4.69, 9.17) is 4.74 Å². The molecule has 2 aliphatic heterocycles. The number of ether oxygens (including phenoxy) is 1. The van der Waals surface area contributed by atoms with Gasteiger partial charge in [-0.25, -0.2) is 4.98 Å². The van der Waals surface area contributed by atoms with Crippen LogP contribution in [0.2, 0.25) is 0 Å². The van der Waals surface area contributed by atoms with Gasteiger partial charge in [-0.2, -0.15) is 0 Å². The van der Waals surface area contributed by atoms with Gasteiger partial charge in [-0.3, -0.25) is 4.79 Å². The van der Waals surface area contributed by atoms with Crippen molar-refractivity contribution in [3.05, 3.63) is 18.2 Å². The molecule has 22 heavy (non-hydrogen) atoms. The van der Waals surface area contributed by atoms with Crippen LogP contribution in [-0.4, -0.2) is 46.2 Å². The van der Waals surface area contributed by atoms with Crippen molar-refractivity contribution in [3.8, 4) is 0 Å². The first-order chi connectivity index (χ1) is 10.8. The number of rotatable bonds is 5. The van der Waals surface area contributed by atoms with Crippen LogP contribution in [0.25, 0.3) is 0 Å². The van der Waals surface area contributed by atoms with Crippen LogP contribution in [-0.2, 0) is 16.0 Å². The first-order valence-corrected chi connectivity index (χ1v) is 8.69. The van der Waals surface area contributed by atoms with E-state index in [2.05, 4.69) is 22.7 Å². The Morgan fingerprint density at radius 3 is 3.09 bits per heavy atom. The molecule has 3 heterocycles. The minimum absolute atomic E-state index is 0.290. The molecule has 1 amide bonds. The number of nitrogens with zero attached hydrogens (tertiary/aromatic N) is 3. The molecule has 5 heteroatoms. The Morgan fingerprint density at radius 1 is 1.41 bits per heavy atom. The van der Waals surface area contributed by atoms with E-state index in [1.165, 1.54) is 0 Å². The Balaban J connectivity index is 1.54. The minimum atomic E-state index is 0.290. The molecule has 0 spiro atoms. The molecule has 0 bridgehead atoms. The highest BCUT2D eigenvalue weighted by Crippen LogP contribution is 2.24. The molecule has 0 unspecified atom stereocenters. The van der Waals surface area contributed by atoms with Crippen molar-refractivity contribution in [1.82, 2.24) is 14.5 Å². The normalized spacial score (nSPS) is 25.6. The fourth-order valence-electron chi connectivity index (χ4n) is 3.67. The predicted octanol–water partition coefficient (Wildman–Crippen LogP) is 2.57. The highest BCUT2D eigenvalue weighted by molar-refractivity contribution is 5.76. The van der Waals surface area contributed by atoms with E-state index < -0.39 is 0 Å². The smallest absolute Gasteiger partial charge is 0.222 e. The number of hydrogen-bond donors (Lipinski definition) is 0. The number of carbonyl (C=O) groups excluding carboxylic acids is 1. The summed E-state index contributed by atoms with van der Waals surface area (Å²) in [7, 11) is 0. The third kappa shape index (κ3) is 3.51. The van der Waals surface area contributed by atoms with E-state index in [-0.39, 0.29) is 0 Å². The number of aryl methyl sites for hydroxylation is 1. The molecule has 0 N–H and O–H groups in total. The van der Waals surface area contributed by atoms with Gasteiger partial charge in [0.25, 0.3) is 0 Å². The van der Waals surface area contributed by atoms with Crippen LogP contribution in [0.4, 0.5) is 0 Å². The zero-order valence-corrected chi connectivity index (χ0v) is 13.5. The summed E-state index contributed by atoms with van der Waals surface area (Å²) in [5.74, 6) is 1.41. The highest BCUT2D eigenvalue weighted by atomic mass is 16.5. The number of amides is 1. The van der Waals surface area contributed by atoms with Crippen LogP contribution in [0.5, 0.6) is 0 Å². The number of hydrogen-bond acceptors (Lipinski definition) is 3. The van der Waals surface area contributed by atoms with Gasteiger partial charge in [0.2, 0.25) is 5.91 Å². The lowest BCUT2D eigenvalue weighted by Gasteiger charge is -2.34. The van der Waals surface area contributed by atoms with Crippen LogP contribution in [0.15, 0.2) is 12.4 Å². The Hall–Kier alpha value is -1.36. The first kappa shape index (κ1) is 15.5. The topological polar surface area (TPSA) is 47.4 Å². The second-order valence-electron chi connectivity index (χ2n) is 6.41. The van der Waals surface area contributed by atoms with Crippen molar-refractivity contribution in [3.63, 3.8) is 0 Å². The summed E-state index contributed by atoms with van der Waals surface area (Å²) < 4.78 is 7.88. The molecule has 2 aliphatic rings. The molecule has 2 atom stereocenters. The van der Waals surface area contributed by atoms with E-state index in [0.717, 1.165) is 64.0 Å². The van der Waals surface area contributed by atoms with Crippen molar-refractivity contribution >= 4 is 5.91 Å². The summed E-state index contributed by atoms with van der Waals surface area (Å²) in [4.78, 5) is 18.9. The number of likely N-dealkylation sites (tertiary alicyclic amines) is 1. The average Bonchev–Trinajstić information content (AvgIpc) is 3.23. The molecule has 1 aromatic heterocycles. The van der Waals surface area contributed by atoms with Gasteiger partial charge in [0.15, 0.2) is 0 Å². The van der Waals surface area contributed by atoms with Gasteiger partial charge in [-0.1, -0.05) is 6.92 Å². The van der Waals surface area contributed by atoms with Crippen LogP contribution in [0, 0.1) is 0 Å². The fraction of sp³-hybridized carbons (Fsp3) is 0.765. The van der Waals surface area contributed by atoms with Gasteiger partial charge in [0, 0.05) is 44.9 Å². The van der Waals surface area contributed by atoms with Gasteiger partial charge in [0.05, 0.1) is 12.1 Å². The summed E-state index contributed by atoms with van der Waals surface area (Å²) in [6.07, 6.45) is 11.2. The second-order valence-corrected chi connectivity index (χ2v) is 6.41. The fourth-order valence-corrected chi connectivity index (χ4v) is 3.67. The van der Waals surface area contributed by atoms with Gasteiger partial charge < -0.3 is 14.2 Å². The molecule has 5 nitrogen and oxygen atoms in total. The lowest BCUT2D eigenvalue weighted by molar-refractivity contribution is -0.133. The van der Waals surface area contributed by atoms with Crippen molar-refractivity contribution in [2.45, 2.75) is 64.0 Å². The third-order valence-corrected chi connectivity index (χ3v) is 4.91.